The first-order valence-corrected chi connectivity index (χ1v) is 12.1. The molecule has 7 nitrogen and oxygen atoms in total. The van der Waals surface area contributed by atoms with Crippen LogP contribution in [0.4, 0.5) is 11.4 Å². The molecule has 1 aromatic heterocycles. The monoisotopic (exact) mass is 447 g/mol. The summed E-state index contributed by atoms with van der Waals surface area (Å²) in [5.41, 5.74) is 3.60. The SMILES string of the molecule is Cc1cc(C)cc(N(CC(=O)Nc2ccc3c(c2)sc(=O)n3C(C)C)S(C)(=O)=O)c1. The third-order valence-corrected chi connectivity index (χ3v) is 6.65. The van der Waals surface area contributed by atoms with Gasteiger partial charge in [-0.3, -0.25) is 18.5 Å². The van der Waals surface area contributed by atoms with E-state index in [1.165, 1.54) is 0 Å². The molecule has 0 saturated carbocycles. The molecule has 0 bridgehead atoms. The number of carbonyl (C=O) groups excluding carboxylic acids is 1. The van der Waals surface area contributed by atoms with Gasteiger partial charge in [0.1, 0.15) is 6.54 Å². The van der Waals surface area contributed by atoms with Crippen molar-refractivity contribution in [2.75, 3.05) is 22.4 Å². The number of thiazole rings is 1. The number of sulfonamides is 1. The number of hydrogen-bond acceptors (Lipinski definition) is 5. The molecule has 0 aliphatic carbocycles. The summed E-state index contributed by atoms with van der Waals surface area (Å²) in [6.07, 6.45) is 1.08. The summed E-state index contributed by atoms with van der Waals surface area (Å²) in [7, 11) is -3.66. The fourth-order valence-electron chi connectivity index (χ4n) is 3.43. The summed E-state index contributed by atoms with van der Waals surface area (Å²) in [6, 6.07) is 10.7. The molecule has 1 amide bonds. The van der Waals surface area contributed by atoms with Crippen LogP contribution in [0.5, 0.6) is 0 Å². The van der Waals surface area contributed by atoms with E-state index in [4.69, 9.17) is 0 Å². The first-order valence-electron chi connectivity index (χ1n) is 9.46. The van der Waals surface area contributed by atoms with Crippen molar-refractivity contribution in [2.24, 2.45) is 0 Å². The van der Waals surface area contributed by atoms with Crippen LogP contribution in [-0.2, 0) is 14.8 Å². The highest BCUT2D eigenvalue weighted by atomic mass is 32.2. The molecular weight excluding hydrogens is 422 g/mol. The molecule has 3 rings (SSSR count). The van der Waals surface area contributed by atoms with Crippen molar-refractivity contribution in [1.29, 1.82) is 0 Å². The highest BCUT2D eigenvalue weighted by Crippen LogP contribution is 2.25. The second-order valence-electron chi connectivity index (χ2n) is 7.68. The van der Waals surface area contributed by atoms with Crippen molar-refractivity contribution < 1.29 is 13.2 Å². The summed E-state index contributed by atoms with van der Waals surface area (Å²) in [6.45, 7) is 7.29. The van der Waals surface area contributed by atoms with Gasteiger partial charge in [0.05, 0.1) is 22.2 Å². The Hall–Kier alpha value is -2.65. The summed E-state index contributed by atoms with van der Waals surface area (Å²) in [4.78, 5) is 24.8. The number of aromatic nitrogens is 1. The number of nitrogens with one attached hydrogen (secondary N) is 1. The minimum Gasteiger partial charge on any atom is -0.324 e. The molecule has 0 aliphatic rings. The summed E-state index contributed by atoms with van der Waals surface area (Å²) in [5, 5.41) is 2.74. The number of anilines is 2. The summed E-state index contributed by atoms with van der Waals surface area (Å²) >= 11 is 1.12. The smallest absolute Gasteiger partial charge is 0.308 e. The molecule has 3 aromatic rings. The van der Waals surface area contributed by atoms with Crippen LogP contribution in [0.25, 0.3) is 10.2 Å². The fraction of sp³-hybridized carbons (Fsp3) is 0.333. The zero-order valence-corrected chi connectivity index (χ0v) is 19.2. The largest absolute Gasteiger partial charge is 0.324 e. The number of fused-ring (bicyclic) bond motifs is 1. The van der Waals surface area contributed by atoms with Crippen LogP contribution in [0.3, 0.4) is 0 Å². The molecule has 1 N–H and O–H groups in total. The van der Waals surface area contributed by atoms with E-state index in [-0.39, 0.29) is 17.5 Å². The van der Waals surface area contributed by atoms with E-state index >= 15 is 0 Å². The van der Waals surface area contributed by atoms with Crippen LogP contribution in [0.1, 0.15) is 31.0 Å². The summed E-state index contributed by atoms with van der Waals surface area (Å²) in [5.74, 6) is -0.463. The molecule has 0 atom stereocenters. The van der Waals surface area contributed by atoms with Gasteiger partial charge in [0, 0.05) is 11.7 Å². The lowest BCUT2D eigenvalue weighted by Crippen LogP contribution is -2.37. The zero-order chi connectivity index (χ0) is 22.2. The van der Waals surface area contributed by atoms with Crippen LogP contribution in [0.2, 0.25) is 0 Å². The number of aryl methyl sites for hydroxylation is 2. The Labute approximate surface area is 180 Å². The Morgan fingerprint density at radius 1 is 1.13 bits per heavy atom. The molecule has 9 heteroatoms. The number of benzene rings is 2. The second-order valence-corrected chi connectivity index (χ2v) is 10.6. The number of amides is 1. The van der Waals surface area contributed by atoms with Gasteiger partial charge in [-0.25, -0.2) is 8.42 Å². The van der Waals surface area contributed by atoms with Gasteiger partial charge in [-0.1, -0.05) is 17.4 Å². The lowest BCUT2D eigenvalue weighted by atomic mass is 10.1. The van der Waals surface area contributed by atoms with E-state index in [1.54, 1.807) is 34.9 Å². The molecule has 160 valence electrons. The third-order valence-electron chi connectivity index (χ3n) is 4.60. The Kier molecular flexibility index (Phi) is 6.05. The first kappa shape index (κ1) is 22.0. The van der Waals surface area contributed by atoms with Gasteiger partial charge in [-0.05, 0) is 69.2 Å². The number of hydrogen-bond donors (Lipinski definition) is 1. The Morgan fingerprint density at radius 3 is 2.33 bits per heavy atom. The Morgan fingerprint density at radius 2 is 1.77 bits per heavy atom. The van der Waals surface area contributed by atoms with E-state index < -0.39 is 15.9 Å². The van der Waals surface area contributed by atoms with Gasteiger partial charge >= 0.3 is 4.87 Å². The van der Waals surface area contributed by atoms with Crippen LogP contribution in [0, 0.1) is 13.8 Å². The molecular formula is C21H25N3O4S2. The fourth-order valence-corrected chi connectivity index (χ4v) is 5.32. The van der Waals surface area contributed by atoms with Gasteiger partial charge in [-0.15, -0.1) is 0 Å². The standard InChI is InChI=1S/C21H25N3O4S2/c1-13(2)24-18-7-6-16(11-19(18)29-21(24)26)22-20(25)12-23(30(5,27)28)17-9-14(3)8-15(4)10-17/h6-11,13H,12H2,1-5H3,(H,22,25). The molecule has 30 heavy (non-hydrogen) atoms. The van der Waals surface area contributed by atoms with Crippen molar-refractivity contribution in [3.05, 3.63) is 57.2 Å². The molecule has 1 heterocycles. The first-order chi connectivity index (χ1) is 14.0. The Balaban J connectivity index is 1.86. The van der Waals surface area contributed by atoms with E-state index in [0.717, 1.165) is 43.2 Å². The van der Waals surface area contributed by atoms with E-state index in [9.17, 15) is 18.0 Å². The molecule has 0 fully saturated rings. The highest BCUT2D eigenvalue weighted by Gasteiger charge is 2.21. The van der Waals surface area contributed by atoms with Gasteiger partial charge in [-0.2, -0.15) is 0 Å². The maximum absolute atomic E-state index is 12.6. The predicted molar refractivity (Wildman–Crippen MR) is 123 cm³/mol. The molecule has 0 aliphatic heterocycles. The molecule has 0 saturated heterocycles. The maximum Gasteiger partial charge on any atom is 0.308 e. The quantitative estimate of drug-likeness (QED) is 0.624. The minimum atomic E-state index is -3.66. The zero-order valence-electron chi connectivity index (χ0n) is 17.6. The maximum atomic E-state index is 12.6. The van der Waals surface area contributed by atoms with Gasteiger partial charge in [0.25, 0.3) is 0 Å². The predicted octanol–water partition coefficient (Wildman–Crippen LogP) is 3.67. The Bertz CT molecular complexity index is 1250. The highest BCUT2D eigenvalue weighted by molar-refractivity contribution is 7.92. The van der Waals surface area contributed by atoms with Crippen LogP contribution in [-0.4, -0.2) is 31.7 Å². The molecule has 0 unspecified atom stereocenters. The van der Waals surface area contributed by atoms with Crippen molar-refractivity contribution in [2.45, 2.75) is 33.7 Å². The van der Waals surface area contributed by atoms with Crippen molar-refractivity contribution >= 4 is 48.9 Å². The van der Waals surface area contributed by atoms with Crippen molar-refractivity contribution in [3.63, 3.8) is 0 Å². The topological polar surface area (TPSA) is 88.5 Å². The average Bonchev–Trinajstić information content (AvgIpc) is 2.92. The second kappa shape index (κ2) is 8.23. The number of rotatable bonds is 6. The van der Waals surface area contributed by atoms with Crippen LogP contribution < -0.4 is 14.5 Å². The molecule has 0 radical (unpaired) electrons. The van der Waals surface area contributed by atoms with Gasteiger partial charge < -0.3 is 5.32 Å². The lowest BCUT2D eigenvalue weighted by molar-refractivity contribution is -0.114. The van der Waals surface area contributed by atoms with E-state index in [0.29, 0.717) is 11.4 Å². The molecule has 0 spiro atoms. The lowest BCUT2D eigenvalue weighted by Gasteiger charge is -2.23. The number of nitrogens with zero attached hydrogens (tertiary/aromatic N) is 2. The van der Waals surface area contributed by atoms with Crippen LogP contribution >= 0.6 is 11.3 Å². The molecule has 2 aromatic carbocycles. The van der Waals surface area contributed by atoms with Crippen molar-refractivity contribution in [1.82, 2.24) is 4.57 Å². The van der Waals surface area contributed by atoms with E-state index in [2.05, 4.69) is 5.32 Å². The third kappa shape index (κ3) is 4.73. The van der Waals surface area contributed by atoms with Crippen LogP contribution in [0.15, 0.2) is 41.2 Å². The normalized spacial score (nSPS) is 11.8. The number of carbonyl (C=O) groups is 1. The van der Waals surface area contributed by atoms with Gasteiger partial charge in [0.2, 0.25) is 15.9 Å². The average molecular weight is 448 g/mol. The van der Waals surface area contributed by atoms with E-state index in [1.807, 2.05) is 33.8 Å². The van der Waals surface area contributed by atoms with Gasteiger partial charge in [0.15, 0.2) is 0 Å². The summed E-state index contributed by atoms with van der Waals surface area (Å²) < 4.78 is 28.2. The minimum absolute atomic E-state index is 0.0350. The van der Waals surface area contributed by atoms with Crippen molar-refractivity contribution in [3.8, 4) is 0 Å².